The summed E-state index contributed by atoms with van der Waals surface area (Å²) in [5.41, 5.74) is 3.70. The van der Waals surface area contributed by atoms with Crippen molar-refractivity contribution in [3.63, 3.8) is 0 Å². The minimum atomic E-state index is 0.253. The fraction of sp³-hybridized carbons (Fsp3) is 0.429. The minimum absolute atomic E-state index is 0.253. The number of rotatable bonds is 6. The van der Waals surface area contributed by atoms with Crippen LogP contribution in [0.1, 0.15) is 32.4 Å². The van der Waals surface area contributed by atoms with Crippen LogP contribution in [0.5, 0.6) is 5.75 Å². The predicted octanol–water partition coefficient (Wildman–Crippen LogP) is 4.64. The van der Waals surface area contributed by atoms with Crippen molar-refractivity contribution in [1.29, 1.82) is 0 Å². The van der Waals surface area contributed by atoms with Crippen molar-refractivity contribution in [2.24, 2.45) is 0 Å². The molecule has 0 aromatic heterocycles. The molecule has 18 heavy (non-hydrogen) atoms. The zero-order valence-electron chi connectivity index (χ0n) is 11.0. The summed E-state index contributed by atoms with van der Waals surface area (Å²) in [5.74, 6) is 0.893. The summed E-state index contributed by atoms with van der Waals surface area (Å²) in [6, 6.07) is 6.30. The van der Waals surface area contributed by atoms with E-state index in [1.165, 1.54) is 0 Å². The third-order valence-corrected chi connectivity index (χ3v) is 3.46. The summed E-state index contributed by atoms with van der Waals surface area (Å²) in [5, 5.41) is 3.39. The van der Waals surface area contributed by atoms with Gasteiger partial charge in [0, 0.05) is 21.6 Å². The minimum Gasteiger partial charge on any atom is -0.489 e. The second-order valence-electron chi connectivity index (χ2n) is 4.21. The molecule has 0 radical (unpaired) electrons. The molecule has 0 bridgehead atoms. The van der Waals surface area contributed by atoms with Gasteiger partial charge in [-0.3, -0.25) is 0 Å². The third-order valence-electron chi connectivity index (χ3n) is 2.59. The number of ether oxygens (including phenoxy) is 1. The van der Waals surface area contributed by atoms with Gasteiger partial charge in [-0.2, -0.15) is 0 Å². The van der Waals surface area contributed by atoms with Gasteiger partial charge in [0.1, 0.15) is 12.4 Å². The van der Waals surface area contributed by atoms with Gasteiger partial charge in [-0.1, -0.05) is 34.5 Å². The lowest BCUT2D eigenvalue weighted by molar-refractivity contribution is 0.344. The molecular weight excluding hydrogens is 314 g/mol. The zero-order chi connectivity index (χ0) is 13.5. The van der Waals surface area contributed by atoms with Crippen molar-refractivity contribution in [1.82, 2.24) is 5.32 Å². The highest BCUT2D eigenvalue weighted by atomic mass is 79.9. The fourth-order valence-electron chi connectivity index (χ4n) is 1.63. The molecule has 1 unspecified atom stereocenters. The second-order valence-corrected chi connectivity index (χ2v) is 5.34. The smallest absolute Gasteiger partial charge is 0.124 e. The van der Waals surface area contributed by atoms with Crippen molar-refractivity contribution in [2.75, 3.05) is 13.2 Å². The molecular formula is C14H19BrClNO. The summed E-state index contributed by atoms with van der Waals surface area (Å²) in [6.45, 7) is 7.60. The number of hydrogen-bond acceptors (Lipinski definition) is 2. The van der Waals surface area contributed by atoms with Gasteiger partial charge >= 0.3 is 0 Å². The van der Waals surface area contributed by atoms with E-state index in [0.717, 1.165) is 27.9 Å². The molecule has 1 aromatic carbocycles. The van der Waals surface area contributed by atoms with Gasteiger partial charge in [0.25, 0.3) is 0 Å². The first kappa shape index (κ1) is 15.5. The van der Waals surface area contributed by atoms with Crippen molar-refractivity contribution < 1.29 is 4.74 Å². The molecule has 0 heterocycles. The van der Waals surface area contributed by atoms with Crippen LogP contribution in [0.4, 0.5) is 0 Å². The SMILES string of the molecule is CCNC(C)c1cc(Br)ccc1OC/C(C)=C/Cl. The first-order valence-corrected chi connectivity index (χ1v) is 7.23. The van der Waals surface area contributed by atoms with E-state index in [1.54, 1.807) is 5.54 Å². The average Bonchev–Trinajstić information content (AvgIpc) is 2.37. The second kappa shape index (κ2) is 7.82. The Bertz CT molecular complexity index is 420. The summed E-state index contributed by atoms with van der Waals surface area (Å²) < 4.78 is 6.85. The average molecular weight is 333 g/mol. The highest BCUT2D eigenvalue weighted by Crippen LogP contribution is 2.28. The molecule has 1 rings (SSSR count). The van der Waals surface area contributed by atoms with Gasteiger partial charge in [0.2, 0.25) is 0 Å². The lowest BCUT2D eigenvalue weighted by Crippen LogP contribution is -2.18. The maximum Gasteiger partial charge on any atom is 0.124 e. The van der Waals surface area contributed by atoms with Crippen LogP contribution in [-0.2, 0) is 0 Å². The monoisotopic (exact) mass is 331 g/mol. The van der Waals surface area contributed by atoms with E-state index in [9.17, 15) is 0 Å². The first-order chi connectivity index (χ1) is 8.58. The van der Waals surface area contributed by atoms with Gasteiger partial charge in [0.15, 0.2) is 0 Å². The van der Waals surface area contributed by atoms with Crippen LogP contribution in [0.2, 0.25) is 0 Å². The molecule has 0 saturated heterocycles. The van der Waals surface area contributed by atoms with Crippen molar-refractivity contribution in [3.8, 4) is 5.75 Å². The Morgan fingerprint density at radius 2 is 2.28 bits per heavy atom. The molecule has 2 nitrogen and oxygen atoms in total. The zero-order valence-corrected chi connectivity index (χ0v) is 13.3. The fourth-order valence-corrected chi connectivity index (χ4v) is 2.07. The third kappa shape index (κ3) is 4.63. The molecule has 1 N–H and O–H groups in total. The molecule has 0 spiro atoms. The van der Waals surface area contributed by atoms with Crippen molar-refractivity contribution in [2.45, 2.75) is 26.8 Å². The van der Waals surface area contributed by atoms with Crippen LogP contribution < -0.4 is 10.1 Å². The molecule has 0 amide bonds. The van der Waals surface area contributed by atoms with E-state index in [0.29, 0.717) is 6.61 Å². The quantitative estimate of drug-likeness (QED) is 0.819. The Hall–Kier alpha value is -0.510. The molecule has 100 valence electrons. The van der Waals surface area contributed by atoms with E-state index in [-0.39, 0.29) is 6.04 Å². The highest BCUT2D eigenvalue weighted by molar-refractivity contribution is 9.10. The first-order valence-electron chi connectivity index (χ1n) is 6.00. The number of hydrogen-bond donors (Lipinski definition) is 1. The Labute approximate surface area is 122 Å². The number of benzene rings is 1. The van der Waals surface area contributed by atoms with E-state index in [4.69, 9.17) is 16.3 Å². The maximum atomic E-state index is 5.80. The highest BCUT2D eigenvalue weighted by Gasteiger charge is 2.11. The number of halogens is 2. The summed E-state index contributed by atoms with van der Waals surface area (Å²) in [7, 11) is 0. The van der Waals surface area contributed by atoms with E-state index < -0.39 is 0 Å². The summed E-state index contributed by atoms with van der Waals surface area (Å²) in [6.07, 6.45) is 0. The lowest BCUT2D eigenvalue weighted by atomic mass is 10.1. The van der Waals surface area contributed by atoms with Crippen LogP contribution >= 0.6 is 27.5 Å². The molecule has 1 aromatic rings. The van der Waals surface area contributed by atoms with Crippen LogP contribution in [0, 0.1) is 0 Å². The van der Waals surface area contributed by atoms with Gasteiger partial charge in [-0.15, -0.1) is 0 Å². The van der Waals surface area contributed by atoms with Crippen molar-refractivity contribution in [3.05, 3.63) is 39.3 Å². The largest absolute Gasteiger partial charge is 0.489 e. The molecule has 1 atom stereocenters. The maximum absolute atomic E-state index is 5.80. The molecule has 0 aliphatic heterocycles. The van der Waals surface area contributed by atoms with E-state index >= 15 is 0 Å². The van der Waals surface area contributed by atoms with Crippen LogP contribution in [0.3, 0.4) is 0 Å². The molecule has 0 aliphatic carbocycles. The normalized spacial score (nSPS) is 13.5. The van der Waals surface area contributed by atoms with E-state index in [1.807, 2.05) is 19.1 Å². The van der Waals surface area contributed by atoms with Gasteiger partial charge in [0.05, 0.1) is 0 Å². The number of nitrogens with one attached hydrogen (secondary N) is 1. The lowest BCUT2D eigenvalue weighted by Gasteiger charge is -2.18. The molecule has 0 saturated carbocycles. The van der Waals surface area contributed by atoms with Crippen LogP contribution in [0.15, 0.2) is 33.8 Å². The topological polar surface area (TPSA) is 21.3 Å². The van der Waals surface area contributed by atoms with Gasteiger partial charge in [-0.05, 0) is 44.2 Å². The summed E-state index contributed by atoms with van der Waals surface area (Å²) in [4.78, 5) is 0. The molecule has 4 heteroatoms. The Balaban J connectivity index is 2.89. The molecule has 0 aliphatic rings. The van der Waals surface area contributed by atoms with Crippen LogP contribution in [0.25, 0.3) is 0 Å². The summed E-state index contributed by atoms with van der Waals surface area (Å²) >= 11 is 9.13. The van der Waals surface area contributed by atoms with E-state index in [2.05, 4.69) is 41.2 Å². The molecule has 0 fully saturated rings. The predicted molar refractivity (Wildman–Crippen MR) is 81.3 cm³/mol. The van der Waals surface area contributed by atoms with Gasteiger partial charge < -0.3 is 10.1 Å². The standard InChI is InChI=1S/C14H19BrClNO/c1-4-17-11(3)13-7-12(15)5-6-14(13)18-9-10(2)8-16/h5-8,11,17H,4,9H2,1-3H3/b10-8+. The Morgan fingerprint density at radius 1 is 1.56 bits per heavy atom. The van der Waals surface area contributed by atoms with Crippen LogP contribution in [-0.4, -0.2) is 13.2 Å². The van der Waals surface area contributed by atoms with Gasteiger partial charge in [-0.25, -0.2) is 0 Å². The van der Waals surface area contributed by atoms with Crippen molar-refractivity contribution >= 4 is 27.5 Å². The Kier molecular flexibility index (Phi) is 6.76. The Morgan fingerprint density at radius 3 is 2.89 bits per heavy atom.